The van der Waals surface area contributed by atoms with Crippen molar-refractivity contribution in [1.29, 1.82) is 0 Å². The lowest BCUT2D eigenvalue weighted by molar-refractivity contribution is -0.120. The number of halogens is 2. The van der Waals surface area contributed by atoms with E-state index in [1.165, 1.54) is 0 Å². The van der Waals surface area contributed by atoms with E-state index in [0.717, 1.165) is 22.4 Å². The van der Waals surface area contributed by atoms with Crippen LogP contribution in [-0.4, -0.2) is 18.7 Å². The van der Waals surface area contributed by atoms with Gasteiger partial charge in [-0.3, -0.25) is 4.79 Å². The number of para-hydroxylation sites is 1. The van der Waals surface area contributed by atoms with Gasteiger partial charge in [0.15, 0.2) is 0 Å². The first-order valence-electron chi connectivity index (χ1n) is 9.74. The molecule has 0 saturated heterocycles. The van der Waals surface area contributed by atoms with Gasteiger partial charge in [0.1, 0.15) is 18.1 Å². The molecule has 0 aliphatic heterocycles. The molecule has 0 atom stereocenters. The van der Waals surface area contributed by atoms with Gasteiger partial charge in [-0.25, -0.2) is 5.43 Å². The second kappa shape index (κ2) is 11.4. The van der Waals surface area contributed by atoms with Gasteiger partial charge in [0, 0.05) is 21.2 Å². The number of nitrogens with zero attached hydrogens (tertiary/aromatic N) is 1. The number of rotatable bonds is 9. The Labute approximate surface area is 191 Å². The highest BCUT2D eigenvalue weighted by atomic mass is 35.5. The lowest BCUT2D eigenvalue weighted by Crippen LogP contribution is -2.19. The van der Waals surface area contributed by atoms with Crippen LogP contribution in [0.3, 0.4) is 0 Å². The van der Waals surface area contributed by atoms with Crippen molar-refractivity contribution in [1.82, 2.24) is 5.43 Å². The summed E-state index contributed by atoms with van der Waals surface area (Å²) in [5.74, 6) is 1.19. The topological polar surface area (TPSA) is 59.9 Å². The third kappa shape index (κ3) is 7.02. The highest BCUT2D eigenvalue weighted by Gasteiger charge is 2.06. The molecule has 3 aromatic carbocycles. The van der Waals surface area contributed by atoms with E-state index >= 15 is 0 Å². The Morgan fingerprint density at radius 2 is 1.81 bits per heavy atom. The van der Waals surface area contributed by atoms with Gasteiger partial charge in [0.05, 0.1) is 19.2 Å². The van der Waals surface area contributed by atoms with Crippen LogP contribution in [0, 0.1) is 0 Å². The minimum absolute atomic E-state index is 0.216. The number of amides is 1. The maximum atomic E-state index is 12.2. The van der Waals surface area contributed by atoms with Gasteiger partial charge in [-0.15, -0.1) is 0 Å². The second-order valence-electron chi connectivity index (χ2n) is 6.61. The molecule has 0 radical (unpaired) electrons. The monoisotopic (exact) mass is 456 g/mol. The quantitative estimate of drug-likeness (QED) is 0.333. The van der Waals surface area contributed by atoms with Crippen molar-refractivity contribution in [3.8, 4) is 11.5 Å². The molecule has 3 aromatic rings. The van der Waals surface area contributed by atoms with Crippen LogP contribution < -0.4 is 14.9 Å². The zero-order valence-corrected chi connectivity index (χ0v) is 18.5. The summed E-state index contributed by atoms with van der Waals surface area (Å²) in [7, 11) is 0. The minimum Gasteiger partial charge on any atom is -0.494 e. The molecule has 0 saturated carbocycles. The van der Waals surface area contributed by atoms with Gasteiger partial charge in [0.25, 0.3) is 0 Å². The summed E-state index contributed by atoms with van der Waals surface area (Å²) in [6, 6.07) is 20.1. The highest BCUT2D eigenvalue weighted by molar-refractivity contribution is 6.35. The molecule has 0 heterocycles. The molecule has 31 heavy (non-hydrogen) atoms. The predicted octanol–water partition coefficient (Wildman–Crippen LogP) is 5.66. The van der Waals surface area contributed by atoms with Gasteiger partial charge in [-0.2, -0.15) is 5.10 Å². The smallest absolute Gasteiger partial charge is 0.244 e. The Morgan fingerprint density at radius 3 is 2.55 bits per heavy atom. The van der Waals surface area contributed by atoms with Crippen LogP contribution in [0.15, 0.2) is 71.8 Å². The Balaban J connectivity index is 1.56. The minimum atomic E-state index is -0.216. The molecule has 0 unspecified atom stereocenters. The van der Waals surface area contributed by atoms with Crippen LogP contribution >= 0.6 is 23.2 Å². The highest BCUT2D eigenvalue weighted by Crippen LogP contribution is 2.24. The van der Waals surface area contributed by atoms with Gasteiger partial charge < -0.3 is 9.47 Å². The average Bonchev–Trinajstić information content (AvgIpc) is 2.75. The molecule has 1 amide bonds. The van der Waals surface area contributed by atoms with E-state index < -0.39 is 0 Å². The number of nitrogens with one attached hydrogen (secondary N) is 1. The number of ether oxygens (including phenoxy) is 2. The van der Waals surface area contributed by atoms with E-state index in [4.69, 9.17) is 32.7 Å². The molecule has 160 valence electrons. The summed E-state index contributed by atoms with van der Waals surface area (Å²) in [6.07, 6.45) is 1.77. The predicted molar refractivity (Wildman–Crippen MR) is 124 cm³/mol. The second-order valence-corrected chi connectivity index (χ2v) is 7.45. The average molecular weight is 457 g/mol. The van der Waals surface area contributed by atoms with Crippen LogP contribution in [0.25, 0.3) is 0 Å². The maximum Gasteiger partial charge on any atom is 0.244 e. The SMILES string of the molecule is CCOc1ccc(CC(=O)N/N=C/c2ccccc2OCc2ccc(Cl)cc2Cl)cc1. The van der Waals surface area contributed by atoms with E-state index in [2.05, 4.69) is 10.5 Å². The van der Waals surface area contributed by atoms with E-state index in [1.807, 2.05) is 61.5 Å². The van der Waals surface area contributed by atoms with Crippen LogP contribution in [0.4, 0.5) is 0 Å². The molecular formula is C24H22Cl2N2O3. The number of hydrogen-bond acceptors (Lipinski definition) is 4. The largest absolute Gasteiger partial charge is 0.494 e. The zero-order chi connectivity index (χ0) is 22.1. The first kappa shape index (κ1) is 22.7. The summed E-state index contributed by atoms with van der Waals surface area (Å²) >= 11 is 12.1. The fourth-order valence-electron chi connectivity index (χ4n) is 2.78. The first-order valence-corrected chi connectivity index (χ1v) is 10.5. The molecule has 7 heteroatoms. The van der Waals surface area contributed by atoms with Gasteiger partial charge in [-0.1, -0.05) is 53.5 Å². The van der Waals surface area contributed by atoms with Crippen molar-refractivity contribution in [3.05, 3.63) is 93.5 Å². The van der Waals surface area contributed by atoms with Crippen LogP contribution in [0.2, 0.25) is 10.0 Å². The Bertz CT molecular complexity index is 1050. The third-order valence-corrected chi connectivity index (χ3v) is 4.90. The number of hydrogen-bond donors (Lipinski definition) is 1. The van der Waals surface area contributed by atoms with E-state index in [1.54, 1.807) is 18.3 Å². The lowest BCUT2D eigenvalue weighted by atomic mass is 10.1. The Kier molecular flexibility index (Phi) is 8.33. The number of carbonyl (C=O) groups is 1. The van der Waals surface area contributed by atoms with Crippen molar-refractivity contribution in [2.45, 2.75) is 20.0 Å². The van der Waals surface area contributed by atoms with Crippen molar-refractivity contribution >= 4 is 35.3 Å². The van der Waals surface area contributed by atoms with Gasteiger partial charge >= 0.3 is 0 Å². The van der Waals surface area contributed by atoms with Crippen LogP contribution in [0.1, 0.15) is 23.6 Å². The number of carbonyl (C=O) groups excluding carboxylic acids is 1. The normalized spacial score (nSPS) is 10.8. The molecule has 0 aliphatic rings. The Hall–Kier alpha value is -3.02. The van der Waals surface area contributed by atoms with Crippen molar-refractivity contribution in [2.75, 3.05) is 6.61 Å². The standard InChI is InChI=1S/C24H22Cl2N2O3/c1-2-30-21-11-7-17(8-12-21)13-24(29)28-27-15-18-5-3-4-6-23(18)31-16-19-9-10-20(25)14-22(19)26/h3-12,14-15H,2,13,16H2,1H3,(H,28,29)/b27-15+. The van der Waals surface area contributed by atoms with E-state index in [9.17, 15) is 4.79 Å². The number of benzene rings is 3. The molecule has 0 spiro atoms. The summed E-state index contributed by atoms with van der Waals surface area (Å²) < 4.78 is 11.3. The molecule has 0 aliphatic carbocycles. The summed E-state index contributed by atoms with van der Waals surface area (Å²) in [5, 5.41) is 5.17. The van der Waals surface area contributed by atoms with Crippen molar-refractivity contribution < 1.29 is 14.3 Å². The first-order chi connectivity index (χ1) is 15.0. The van der Waals surface area contributed by atoms with Gasteiger partial charge in [-0.05, 0) is 48.9 Å². The summed E-state index contributed by atoms with van der Waals surface area (Å²) in [4.78, 5) is 12.2. The van der Waals surface area contributed by atoms with Gasteiger partial charge in [0.2, 0.25) is 5.91 Å². The van der Waals surface area contributed by atoms with Crippen LogP contribution in [-0.2, 0) is 17.8 Å². The molecule has 3 rings (SSSR count). The molecule has 0 fully saturated rings. The fourth-order valence-corrected chi connectivity index (χ4v) is 3.24. The van der Waals surface area contributed by atoms with E-state index in [0.29, 0.717) is 22.4 Å². The Morgan fingerprint density at radius 1 is 1.03 bits per heavy atom. The van der Waals surface area contributed by atoms with E-state index in [-0.39, 0.29) is 18.9 Å². The molecule has 0 bridgehead atoms. The van der Waals surface area contributed by atoms with Crippen LogP contribution in [0.5, 0.6) is 11.5 Å². The lowest BCUT2D eigenvalue weighted by Gasteiger charge is -2.10. The third-order valence-electron chi connectivity index (χ3n) is 4.31. The summed E-state index contributed by atoms with van der Waals surface area (Å²) in [6.45, 7) is 2.81. The molecule has 0 aromatic heterocycles. The summed E-state index contributed by atoms with van der Waals surface area (Å²) in [5.41, 5.74) is 4.97. The molecule has 1 N–H and O–H groups in total. The molecular weight excluding hydrogens is 435 g/mol. The van der Waals surface area contributed by atoms with Crippen molar-refractivity contribution in [3.63, 3.8) is 0 Å². The fraction of sp³-hybridized carbons (Fsp3) is 0.167. The van der Waals surface area contributed by atoms with Crippen molar-refractivity contribution in [2.24, 2.45) is 5.10 Å². The number of hydrazone groups is 1. The maximum absolute atomic E-state index is 12.2. The molecule has 5 nitrogen and oxygen atoms in total. The zero-order valence-electron chi connectivity index (χ0n) is 17.0.